The number of hydrogen-bond acceptors (Lipinski definition) is 1. The van der Waals surface area contributed by atoms with E-state index in [-0.39, 0.29) is 0 Å². The van der Waals surface area contributed by atoms with Gasteiger partial charge in [-0.3, -0.25) is 0 Å². The first-order valence-electron chi connectivity index (χ1n) is 7.54. The second kappa shape index (κ2) is 6.27. The van der Waals surface area contributed by atoms with Gasteiger partial charge < -0.3 is 10.6 Å². The molecule has 0 saturated carbocycles. The third-order valence-corrected chi connectivity index (χ3v) is 4.21. The highest BCUT2D eigenvalue weighted by Crippen LogP contribution is 2.25. The van der Waals surface area contributed by atoms with Gasteiger partial charge in [-0.2, -0.15) is 0 Å². The van der Waals surface area contributed by atoms with Crippen LogP contribution in [0.2, 0.25) is 0 Å². The maximum absolute atomic E-state index is 5.43. The lowest BCUT2D eigenvalue weighted by Gasteiger charge is -2.14. The van der Waals surface area contributed by atoms with E-state index in [2.05, 4.69) is 54.0 Å². The van der Waals surface area contributed by atoms with Gasteiger partial charge in [-0.15, -0.1) is 0 Å². The maximum Gasteiger partial charge on any atom is 0.175 e. The van der Waals surface area contributed by atoms with Crippen molar-refractivity contribution < 1.29 is 0 Å². The minimum atomic E-state index is 0.647. The third-order valence-electron chi connectivity index (χ3n) is 4.00. The molecule has 1 aliphatic carbocycles. The van der Waals surface area contributed by atoms with Crippen molar-refractivity contribution in [1.82, 2.24) is 0 Å². The average molecular weight is 296 g/mol. The van der Waals surface area contributed by atoms with Gasteiger partial charge in [0, 0.05) is 11.4 Å². The Morgan fingerprint density at radius 2 is 1.86 bits per heavy atom. The number of hydrogen-bond donors (Lipinski definition) is 2. The van der Waals surface area contributed by atoms with Crippen molar-refractivity contribution in [2.24, 2.45) is 0 Å². The molecule has 2 nitrogen and oxygen atoms in total. The topological polar surface area (TPSA) is 24.1 Å². The van der Waals surface area contributed by atoms with Crippen LogP contribution in [0.15, 0.2) is 42.5 Å². The van der Waals surface area contributed by atoms with Gasteiger partial charge in [0.15, 0.2) is 5.11 Å². The molecule has 0 amide bonds. The number of rotatable bonds is 3. The molecular weight excluding hydrogens is 276 g/mol. The fourth-order valence-corrected chi connectivity index (χ4v) is 3.11. The molecule has 2 aromatic rings. The van der Waals surface area contributed by atoms with Crippen LogP contribution in [0.4, 0.5) is 11.4 Å². The Bertz CT molecular complexity index is 664. The van der Waals surface area contributed by atoms with Crippen LogP contribution in [-0.2, 0) is 19.3 Å². The Morgan fingerprint density at radius 3 is 2.71 bits per heavy atom. The van der Waals surface area contributed by atoms with Crippen LogP contribution in [0.1, 0.15) is 30.0 Å². The Hall–Kier alpha value is -1.87. The number of para-hydroxylation sites is 1. The molecule has 0 bridgehead atoms. The maximum atomic E-state index is 5.43. The molecule has 0 fully saturated rings. The smallest absolute Gasteiger partial charge is 0.175 e. The van der Waals surface area contributed by atoms with Gasteiger partial charge in [0.25, 0.3) is 0 Å². The molecule has 108 valence electrons. The predicted octanol–water partition coefficient (Wildman–Crippen LogP) is 4.55. The predicted molar refractivity (Wildman–Crippen MR) is 94.1 cm³/mol. The van der Waals surface area contributed by atoms with Gasteiger partial charge in [-0.1, -0.05) is 31.2 Å². The van der Waals surface area contributed by atoms with E-state index in [1.807, 2.05) is 6.07 Å². The standard InChI is InChI=1S/C18H20N2S/c1-2-13-6-3-4-9-17(13)20-18(21)19-16-11-10-14-7-5-8-15(14)12-16/h3-4,6,9-12H,2,5,7-8H2,1H3,(H2,19,20,21). The Morgan fingerprint density at radius 1 is 1.05 bits per heavy atom. The van der Waals surface area contributed by atoms with Gasteiger partial charge >= 0.3 is 0 Å². The lowest BCUT2D eigenvalue weighted by atomic mass is 10.1. The number of benzene rings is 2. The SMILES string of the molecule is CCc1ccccc1NC(=S)Nc1ccc2c(c1)CCC2. The molecule has 0 heterocycles. The molecular formula is C18H20N2S. The summed E-state index contributed by atoms with van der Waals surface area (Å²) in [5.41, 5.74) is 6.36. The molecule has 3 heteroatoms. The minimum absolute atomic E-state index is 0.647. The summed E-state index contributed by atoms with van der Waals surface area (Å²) in [6, 6.07) is 14.8. The van der Waals surface area contributed by atoms with Crippen molar-refractivity contribution in [1.29, 1.82) is 0 Å². The number of fused-ring (bicyclic) bond motifs is 1. The van der Waals surface area contributed by atoms with Gasteiger partial charge in [-0.05, 0) is 72.8 Å². The molecule has 2 N–H and O–H groups in total. The fourth-order valence-electron chi connectivity index (χ4n) is 2.88. The molecule has 3 rings (SSSR count). The summed E-state index contributed by atoms with van der Waals surface area (Å²) in [5, 5.41) is 7.24. The van der Waals surface area contributed by atoms with Crippen molar-refractivity contribution in [3.63, 3.8) is 0 Å². The summed E-state index contributed by atoms with van der Waals surface area (Å²) >= 11 is 5.43. The summed E-state index contributed by atoms with van der Waals surface area (Å²) in [6.45, 7) is 2.15. The van der Waals surface area contributed by atoms with Crippen LogP contribution < -0.4 is 10.6 Å². The van der Waals surface area contributed by atoms with E-state index >= 15 is 0 Å². The van der Waals surface area contributed by atoms with Crippen LogP contribution in [0.25, 0.3) is 0 Å². The Labute approximate surface area is 131 Å². The first kappa shape index (κ1) is 14.1. The lowest BCUT2D eigenvalue weighted by Crippen LogP contribution is -2.20. The molecule has 2 aromatic carbocycles. The summed E-state index contributed by atoms with van der Waals surface area (Å²) in [4.78, 5) is 0. The van der Waals surface area contributed by atoms with Gasteiger partial charge in [0.2, 0.25) is 0 Å². The zero-order chi connectivity index (χ0) is 14.7. The molecule has 0 spiro atoms. The quantitative estimate of drug-likeness (QED) is 0.813. The first-order chi connectivity index (χ1) is 10.3. The molecule has 21 heavy (non-hydrogen) atoms. The van der Waals surface area contributed by atoms with Crippen molar-refractivity contribution >= 4 is 28.7 Å². The van der Waals surface area contributed by atoms with Crippen LogP contribution >= 0.6 is 12.2 Å². The summed E-state index contributed by atoms with van der Waals surface area (Å²) < 4.78 is 0. The van der Waals surface area contributed by atoms with Crippen molar-refractivity contribution in [3.05, 3.63) is 59.2 Å². The second-order valence-electron chi connectivity index (χ2n) is 5.43. The Balaban J connectivity index is 1.69. The molecule has 0 aliphatic heterocycles. The summed E-state index contributed by atoms with van der Waals surface area (Å²) in [7, 11) is 0. The van der Waals surface area contributed by atoms with E-state index in [9.17, 15) is 0 Å². The van der Waals surface area contributed by atoms with E-state index in [1.165, 1.54) is 36.0 Å². The van der Waals surface area contributed by atoms with Crippen molar-refractivity contribution in [2.45, 2.75) is 32.6 Å². The number of aryl methyl sites for hydroxylation is 3. The van der Waals surface area contributed by atoms with E-state index in [1.54, 1.807) is 0 Å². The van der Waals surface area contributed by atoms with E-state index in [0.29, 0.717) is 5.11 Å². The van der Waals surface area contributed by atoms with Crippen molar-refractivity contribution in [2.75, 3.05) is 10.6 Å². The first-order valence-corrected chi connectivity index (χ1v) is 7.95. The highest BCUT2D eigenvalue weighted by Gasteiger charge is 2.11. The van der Waals surface area contributed by atoms with Gasteiger partial charge in [-0.25, -0.2) is 0 Å². The second-order valence-corrected chi connectivity index (χ2v) is 5.84. The largest absolute Gasteiger partial charge is 0.332 e. The third kappa shape index (κ3) is 3.24. The highest BCUT2D eigenvalue weighted by atomic mass is 32.1. The number of nitrogens with one attached hydrogen (secondary N) is 2. The number of thiocarbonyl (C=S) groups is 1. The zero-order valence-corrected chi connectivity index (χ0v) is 13.1. The minimum Gasteiger partial charge on any atom is -0.332 e. The average Bonchev–Trinajstić information content (AvgIpc) is 2.95. The van der Waals surface area contributed by atoms with Crippen LogP contribution in [0.5, 0.6) is 0 Å². The summed E-state index contributed by atoms with van der Waals surface area (Å²) in [6.07, 6.45) is 4.65. The molecule has 0 radical (unpaired) electrons. The molecule has 0 saturated heterocycles. The molecule has 0 unspecified atom stereocenters. The van der Waals surface area contributed by atoms with E-state index < -0.39 is 0 Å². The van der Waals surface area contributed by atoms with Crippen LogP contribution in [0.3, 0.4) is 0 Å². The van der Waals surface area contributed by atoms with Gasteiger partial charge in [0.05, 0.1) is 0 Å². The zero-order valence-electron chi connectivity index (χ0n) is 12.3. The molecule has 0 atom stereocenters. The fraction of sp³-hybridized carbons (Fsp3) is 0.278. The normalized spacial score (nSPS) is 12.8. The van der Waals surface area contributed by atoms with Gasteiger partial charge in [0.1, 0.15) is 0 Å². The van der Waals surface area contributed by atoms with Crippen molar-refractivity contribution in [3.8, 4) is 0 Å². The van der Waals surface area contributed by atoms with E-state index in [4.69, 9.17) is 12.2 Å². The monoisotopic (exact) mass is 296 g/mol. The number of anilines is 2. The van der Waals surface area contributed by atoms with E-state index in [0.717, 1.165) is 17.8 Å². The van der Waals surface area contributed by atoms with Crippen LogP contribution in [0, 0.1) is 0 Å². The molecule has 0 aromatic heterocycles. The van der Waals surface area contributed by atoms with Crippen LogP contribution in [-0.4, -0.2) is 5.11 Å². The Kier molecular flexibility index (Phi) is 4.20. The highest BCUT2D eigenvalue weighted by molar-refractivity contribution is 7.80. The molecule has 1 aliphatic rings. The summed E-state index contributed by atoms with van der Waals surface area (Å²) in [5.74, 6) is 0. The lowest BCUT2D eigenvalue weighted by molar-refractivity contribution is 0.912.